The summed E-state index contributed by atoms with van der Waals surface area (Å²) in [6.45, 7) is 5.16. The molecule has 0 saturated heterocycles. The van der Waals surface area contributed by atoms with E-state index in [-0.39, 0.29) is 40.9 Å². The van der Waals surface area contributed by atoms with Crippen molar-refractivity contribution in [3.8, 4) is 0 Å². The highest BCUT2D eigenvalue weighted by Crippen LogP contribution is 2.33. The van der Waals surface area contributed by atoms with Gasteiger partial charge in [-0.3, -0.25) is 4.98 Å². The molecular formula is C18H23FN6O3S2. The van der Waals surface area contributed by atoms with Gasteiger partial charge in [-0.05, 0) is 31.4 Å². The number of aliphatic hydroxyl groups excluding tert-OH is 1. The molecule has 3 aromatic rings. The standard InChI is InChI=1S/C18H23FN6O3S2/c1-9(2)7-11(8-26)22-15-14-16(23-17(20)29-14)25-18(24-15)30(27,28)10(3)13-12(19)5-4-6-21-13/h4-6,9-11,26H,7-8H2,1-3H3,(H3,20,22,23,24,25)/t10?,11-/m1/s1. The molecule has 0 bridgehead atoms. The molecule has 0 spiro atoms. The molecule has 12 heteroatoms. The highest BCUT2D eigenvalue weighted by molar-refractivity contribution is 7.91. The topological polar surface area (TPSA) is 144 Å². The number of fused-ring (bicyclic) bond motifs is 1. The Balaban J connectivity index is 2.09. The second kappa shape index (κ2) is 8.74. The maximum Gasteiger partial charge on any atom is 0.251 e. The van der Waals surface area contributed by atoms with Crippen LogP contribution in [-0.4, -0.2) is 46.1 Å². The van der Waals surface area contributed by atoms with Crippen LogP contribution in [0.5, 0.6) is 0 Å². The quantitative estimate of drug-likeness (QED) is 0.437. The van der Waals surface area contributed by atoms with Gasteiger partial charge in [0.05, 0.1) is 18.3 Å². The van der Waals surface area contributed by atoms with E-state index in [9.17, 15) is 17.9 Å². The van der Waals surface area contributed by atoms with Gasteiger partial charge < -0.3 is 16.2 Å². The first-order valence-electron chi connectivity index (χ1n) is 9.29. The molecule has 0 aliphatic heterocycles. The lowest BCUT2D eigenvalue weighted by Crippen LogP contribution is -2.27. The molecule has 2 atom stereocenters. The number of pyridine rings is 1. The third-order valence-electron chi connectivity index (χ3n) is 4.46. The van der Waals surface area contributed by atoms with Crippen LogP contribution in [0.1, 0.15) is 38.1 Å². The Kier molecular flexibility index (Phi) is 6.48. The van der Waals surface area contributed by atoms with E-state index in [0.717, 1.165) is 17.4 Å². The first-order chi connectivity index (χ1) is 14.1. The number of nitrogens with one attached hydrogen (secondary N) is 1. The van der Waals surface area contributed by atoms with E-state index in [2.05, 4.69) is 25.3 Å². The summed E-state index contributed by atoms with van der Waals surface area (Å²) in [6, 6.07) is 2.17. The lowest BCUT2D eigenvalue weighted by molar-refractivity contribution is 0.259. The van der Waals surface area contributed by atoms with Gasteiger partial charge in [0.2, 0.25) is 9.84 Å². The number of nitrogen functional groups attached to an aromatic ring is 1. The second-order valence-corrected chi connectivity index (χ2v) is 10.5. The molecule has 3 rings (SSSR count). The van der Waals surface area contributed by atoms with Gasteiger partial charge in [-0.2, -0.15) is 9.97 Å². The molecule has 0 aliphatic carbocycles. The Bertz CT molecular complexity index is 1150. The Hall–Kier alpha value is -2.44. The first kappa shape index (κ1) is 22.2. The van der Waals surface area contributed by atoms with Gasteiger partial charge in [-0.25, -0.2) is 17.8 Å². The van der Waals surface area contributed by atoms with Crippen molar-refractivity contribution in [3.63, 3.8) is 0 Å². The normalized spacial score (nSPS) is 14.2. The number of hydrogen-bond acceptors (Lipinski definition) is 10. The predicted octanol–water partition coefficient (Wildman–Crippen LogP) is 2.56. The zero-order valence-electron chi connectivity index (χ0n) is 16.7. The maximum atomic E-state index is 14.1. The molecule has 4 N–H and O–H groups in total. The Morgan fingerprint density at radius 2 is 2.00 bits per heavy atom. The van der Waals surface area contributed by atoms with Crippen LogP contribution in [0.2, 0.25) is 0 Å². The fourth-order valence-electron chi connectivity index (χ4n) is 2.99. The van der Waals surface area contributed by atoms with Gasteiger partial charge in [0, 0.05) is 6.20 Å². The van der Waals surface area contributed by atoms with Crippen LogP contribution in [0.4, 0.5) is 15.3 Å². The smallest absolute Gasteiger partial charge is 0.251 e. The number of sulfone groups is 1. The van der Waals surface area contributed by atoms with Crippen molar-refractivity contribution in [2.75, 3.05) is 17.7 Å². The average molecular weight is 455 g/mol. The summed E-state index contributed by atoms with van der Waals surface area (Å²) >= 11 is 1.11. The number of rotatable bonds is 8. The number of anilines is 2. The molecule has 0 aliphatic rings. The van der Waals surface area contributed by atoms with E-state index in [0.29, 0.717) is 11.1 Å². The van der Waals surface area contributed by atoms with Crippen molar-refractivity contribution in [2.24, 2.45) is 5.92 Å². The fraction of sp³-hybridized carbons (Fsp3) is 0.444. The summed E-state index contributed by atoms with van der Waals surface area (Å²) in [6.07, 6.45) is 1.95. The number of nitrogens with two attached hydrogens (primary N) is 1. The van der Waals surface area contributed by atoms with E-state index >= 15 is 0 Å². The highest BCUT2D eigenvalue weighted by atomic mass is 32.2. The number of halogens is 1. The van der Waals surface area contributed by atoms with E-state index in [1.807, 2.05) is 13.8 Å². The maximum absolute atomic E-state index is 14.1. The molecule has 0 aromatic carbocycles. The summed E-state index contributed by atoms with van der Waals surface area (Å²) < 4.78 is 40.9. The van der Waals surface area contributed by atoms with Crippen LogP contribution in [0.15, 0.2) is 23.5 Å². The largest absolute Gasteiger partial charge is 0.394 e. The molecule has 9 nitrogen and oxygen atoms in total. The average Bonchev–Trinajstić information content (AvgIpc) is 3.07. The molecule has 1 unspecified atom stereocenters. The lowest BCUT2D eigenvalue weighted by atomic mass is 10.0. The molecular weight excluding hydrogens is 431 g/mol. The van der Waals surface area contributed by atoms with E-state index in [1.165, 1.54) is 19.2 Å². The molecule has 0 saturated carbocycles. The lowest BCUT2D eigenvalue weighted by Gasteiger charge is -2.19. The second-order valence-electron chi connectivity index (χ2n) is 7.27. The van der Waals surface area contributed by atoms with Gasteiger partial charge in [0.1, 0.15) is 15.8 Å². The Morgan fingerprint density at radius 3 is 2.63 bits per heavy atom. The van der Waals surface area contributed by atoms with E-state index < -0.39 is 26.1 Å². The molecule has 0 amide bonds. The van der Waals surface area contributed by atoms with Crippen LogP contribution in [0, 0.1) is 11.7 Å². The van der Waals surface area contributed by atoms with Gasteiger partial charge in [-0.15, -0.1) is 0 Å². The summed E-state index contributed by atoms with van der Waals surface area (Å²) in [4.78, 5) is 16.2. The molecule has 0 radical (unpaired) electrons. The number of nitrogens with zero attached hydrogens (tertiary/aromatic N) is 4. The summed E-state index contributed by atoms with van der Waals surface area (Å²) in [5.41, 5.74) is 5.68. The molecule has 3 aromatic heterocycles. The van der Waals surface area contributed by atoms with Crippen molar-refractivity contribution in [2.45, 2.75) is 43.6 Å². The number of hydrogen-bond donors (Lipinski definition) is 3. The third kappa shape index (κ3) is 4.50. The summed E-state index contributed by atoms with van der Waals surface area (Å²) in [5, 5.41) is 11.1. The number of aliphatic hydroxyl groups is 1. The van der Waals surface area contributed by atoms with Crippen molar-refractivity contribution >= 4 is 42.5 Å². The van der Waals surface area contributed by atoms with Gasteiger partial charge in [0.15, 0.2) is 16.6 Å². The van der Waals surface area contributed by atoms with Crippen LogP contribution in [0.25, 0.3) is 10.3 Å². The number of aromatic nitrogens is 4. The van der Waals surface area contributed by atoms with Gasteiger partial charge in [0.25, 0.3) is 5.16 Å². The van der Waals surface area contributed by atoms with Crippen molar-refractivity contribution in [3.05, 3.63) is 29.8 Å². The molecule has 162 valence electrons. The van der Waals surface area contributed by atoms with Crippen LogP contribution in [0.3, 0.4) is 0 Å². The van der Waals surface area contributed by atoms with Gasteiger partial charge in [-0.1, -0.05) is 25.2 Å². The highest BCUT2D eigenvalue weighted by Gasteiger charge is 2.32. The summed E-state index contributed by atoms with van der Waals surface area (Å²) in [7, 11) is -4.19. The van der Waals surface area contributed by atoms with Crippen LogP contribution in [-0.2, 0) is 9.84 Å². The van der Waals surface area contributed by atoms with Crippen LogP contribution >= 0.6 is 11.3 Å². The third-order valence-corrected chi connectivity index (χ3v) is 7.19. The SMILES string of the molecule is CC(C)C[C@H](CO)Nc1nc(S(=O)(=O)C(C)c2ncccc2F)nc2nc(N)sc12. The summed E-state index contributed by atoms with van der Waals surface area (Å²) in [5.74, 6) is -0.238. The van der Waals surface area contributed by atoms with E-state index in [1.54, 1.807) is 0 Å². The minimum Gasteiger partial charge on any atom is -0.394 e. The minimum atomic E-state index is -4.19. The zero-order chi connectivity index (χ0) is 22.1. The van der Waals surface area contributed by atoms with Crippen molar-refractivity contribution in [1.29, 1.82) is 0 Å². The first-order valence-corrected chi connectivity index (χ1v) is 11.7. The Labute approximate surface area is 177 Å². The van der Waals surface area contributed by atoms with E-state index in [4.69, 9.17) is 5.73 Å². The minimum absolute atomic E-state index is 0.114. The van der Waals surface area contributed by atoms with Gasteiger partial charge >= 0.3 is 0 Å². The van der Waals surface area contributed by atoms with Crippen molar-refractivity contribution in [1.82, 2.24) is 19.9 Å². The fourth-order valence-corrected chi connectivity index (χ4v) is 4.93. The number of thiazole rings is 1. The molecule has 3 heterocycles. The Morgan fingerprint density at radius 1 is 1.27 bits per heavy atom. The monoisotopic (exact) mass is 454 g/mol. The molecule has 0 fully saturated rings. The molecule has 30 heavy (non-hydrogen) atoms. The van der Waals surface area contributed by atoms with Crippen LogP contribution < -0.4 is 11.1 Å². The van der Waals surface area contributed by atoms with Crippen molar-refractivity contribution < 1.29 is 17.9 Å². The predicted molar refractivity (Wildman–Crippen MR) is 113 cm³/mol. The zero-order valence-corrected chi connectivity index (χ0v) is 18.3.